The van der Waals surface area contributed by atoms with Crippen LogP contribution in [0.25, 0.3) is 0 Å². The third-order valence-corrected chi connectivity index (χ3v) is 2.62. The fourth-order valence-electron chi connectivity index (χ4n) is 1.79. The highest BCUT2D eigenvalue weighted by Gasteiger charge is 2.09. The summed E-state index contributed by atoms with van der Waals surface area (Å²) >= 11 is 0. The second-order valence-corrected chi connectivity index (χ2v) is 4.06. The number of carboxylic acid groups (broad SMARTS) is 1. The van der Waals surface area contributed by atoms with Gasteiger partial charge in [-0.05, 0) is 26.0 Å². The third-order valence-electron chi connectivity index (χ3n) is 2.62. The largest absolute Gasteiger partial charge is 0.493 e. The van der Waals surface area contributed by atoms with Crippen LogP contribution in [-0.4, -0.2) is 31.3 Å². The second-order valence-electron chi connectivity index (χ2n) is 4.06. The SMILES string of the molecule is CCOc1cccc(CNCCCC(=O)O)c1OC. The van der Waals surface area contributed by atoms with E-state index in [1.54, 1.807) is 7.11 Å². The van der Waals surface area contributed by atoms with Gasteiger partial charge in [0, 0.05) is 18.5 Å². The van der Waals surface area contributed by atoms with Crippen molar-refractivity contribution in [3.63, 3.8) is 0 Å². The van der Waals surface area contributed by atoms with Gasteiger partial charge in [0.05, 0.1) is 13.7 Å². The van der Waals surface area contributed by atoms with Crippen LogP contribution in [0.3, 0.4) is 0 Å². The predicted molar refractivity (Wildman–Crippen MR) is 72.7 cm³/mol. The molecule has 106 valence electrons. The van der Waals surface area contributed by atoms with Crippen molar-refractivity contribution in [1.82, 2.24) is 5.32 Å². The molecular formula is C14H21NO4. The predicted octanol–water partition coefficient (Wildman–Crippen LogP) is 2.05. The van der Waals surface area contributed by atoms with Crippen LogP contribution in [0.1, 0.15) is 25.3 Å². The van der Waals surface area contributed by atoms with Gasteiger partial charge in [0.25, 0.3) is 0 Å². The Bertz CT molecular complexity index is 406. The molecule has 0 aromatic heterocycles. The van der Waals surface area contributed by atoms with Crippen LogP contribution in [0.2, 0.25) is 0 Å². The lowest BCUT2D eigenvalue weighted by molar-refractivity contribution is -0.137. The molecule has 0 fully saturated rings. The molecule has 0 aliphatic carbocycles. The van der Waals surface area contributed by atoms with Crippen LogP contribution in [0.15, 0.2) is 18.2 Å². The number of hydrogen-bond acceptors (Lipinski definition) is 4. The van der Waals surface area contributed by atoms with Gasteiger partial charge in [0.2, 0.25) is 0 Å². The molecule has 0 saturated heterocycles. The van der Waals surface area contributed by atoms with Crippen LogP contribution in [0, 0.1) is 0 Å². The summed E-state index contributed by atoms with van der Waals surface area (Å²) in [6.45, 7) is 3.81. The maximum atomic E-state index is 10.4. The highest BCUT2D eigenvalue weighted by atomic mass is 16.5. The number of aliphatic carboxylic acids is 1. The number of benzene rings is 1. The first-order chi connectivity index (χ1) is 9.19. The number of carbonyl (C=O) groups is 1. The van der Waals surface area contributed by atoms with Crippen LogP contribution >= 0.6 is 0 Å². The van der Waals surface area contributed by atoms with Gasteiger partial charge in [-0.1, -0.05) is 12.1 Å². The molecule has 5 heteroatoms. The van der Waals surface area contributed by atoms with Crippen molar-refractivity contribution in [3.05, 3.63) is 23.8 Å². The van der Waals surface area contributed by atoms with E-state index in [0.717, 1.165) is 17.1 Å². The van der Waals surface area contributed by atoms with E-state index in [0.29, 0.717) is 26.1 Å². The van der Waals surface area contributed by atoms with Gasteiger partial charge in [-0.2, -0.15) is 0 Å². The van der Waals surface area contributed by atoms with E-state index in [1.165, 1.54) is 0 Å². The van der Waals surface area contributed by atoms with Crippen LogP contribution in [-0.2, 0) is 11.3 Å². The lowest BCUT2D eigenvalue weighted by Crippen LogP contribution is -2.16. The van der Waals surface area contributed by atoms with Gasteiger partial charge < -0.3 is 19.9 Å². The van der Waals surface area contributed by atoms with Gasteiger partial charge in [0.1, 0.15) is 0 Å². The summed E-state index contributed by atoms with van der Waals surface area (Å²) in [5.74, 6) is 0.697. The van der Waals surface area contributed by atoms with E-state index in [9.17, 15) is 4.79 Å². The monoisotopic (exact) mass is 267 g/mol. The molecule has 1 rings (SSSR count). The van der Waals surface area contributed by atoms with E-state index < -0.39 is 5.97 Å². The molecule has 0 bridgehead atoms. The van der Waals surface area contributed by atoms with Gasteiger partial charge in [-0.25, -0.2) is 0 Å². The Kier molecular flexibility index (Phi) is 6.74. The van der Waals surface area contributed by atoms with Gasteiger partial charge in [-0.15, -0.1) is 0 Å². The Morgan fingerprint density at radius 1 is 1.42 bits per heavy atom. The molecule has 0 amide bonds. The molecule has 0 aliphatic heterocycles. The Morgan fingerprint density at radius 2 is 2.21 bits per heavy atom. The third kappa shape index (κ3) is 5.18. The molecular weight excluding hydrogens is 246 g/mol. The number of carboxylic acids is 1. The minimum atomic E-state index is -0.766. The van der Waals surface area contributed by atoms with E-state index in [1.807, 2.05) is 25.1 Å². The molecule has 0 spiro atoms. The molecule has 5 nitrogen and oxygen atoms in total. The molecule has 1 aromatic rings. The Hall–Kier alpha value is -1.75. The first kappa shape index (κ1) is 15.3. The Balaban J connectivity index is 2.52. The molecule has 0 radical (unpaired) electrons. The number of para-hydroxylation sites is 1. The average Bonchev–Trinajstić information content (AvgIpc) is 2.38. The van der Waals surface area contributed by atoms with E-state index >= 15 is 0 Å². The van der Waals surface area contributed by atoms with Crippen molar-refractivity contribution in [3.8, 4) is 11.5 Å². The van der Waals surface area contributed by atoms with E-state index in [-0.39, 0.29) is 6.42 Å². The number of ether oxygens (including phenoxy) is 2. The number of nitrogens with one attached hydrogen (secondary N) is 1. The van der Waals surface area contributed by atoms with Gasteiger partial charge in [0.15, 0.2) is 11.5 Å². The normalized spacial score (nSPS) is 10.2. The quantitative estimate of drug-likeness (QED) is 0.670. The summed E-state index contributed by atoms with van der Waals surface area (Å²) in [7, 11) is 1.62. The molecule has 1 aromatic carbocycles. The summed E-state index contributed by atoms with van der Waals surface area (Å²) in [5.41, 5.74) is 1.00. The second kappa shape index (κ2) is 8.37. The number of hydrogen-bond donors (Lipinski definition) is 2. The van der Waals surface area contributed by atoms with Gasteiger partial charge in [-0.3, -0.25) is 4.79 Å². The van der Waals surface area contributed by atoms with Gasteiger partial charge >= 0.3 is 5.97 Å². The summed E-state index contributed by atoms with van der Waals surface area (Å²) in [5, 5.41) is 11.7. The van der Waals surface area contributed by atoms with Crippen LogP contribution in [0.5, 0.6) is 11.5 Å². The van der Waals surface area contributed by atoms with E-state index in [2.05, 4.69) is 5.32 Å². The van der Waals surface area contributed by atoms with Crippen LogP contribution < -0.4 is 14.8 Å². The highest BCUT2D eigenvalue weighted by molar-refractivity contribution is 5.66. The number of rotatable bonds is 9. The first-order valence-corrected chi connectivity index (χ1v) is 6.40. The lowest BCUT2D eigenvalue weighted by atomic mass is 10.2. The van der Waals surface area contributed by atoms with Crippen LogP contribution in [0.4, 0.5) is 0 Å². The molecule has 0 aliphatic rings. The Morgan fingerprint density at radius 3 is 2.84 bits per heavy atom. The molecule has 0 atom stereocenters. The summed E-state index contributed by atoms with van der Waals surface area (Å²) in [4.78, 5) is 10.4. The van der Waals surface area contributed by atoms with Crippen molar-refractivity contribution in [1.29, 1.82) is 0 Å². The topological polar surface area (TPSA) is 67.8 Å². The lowest BCUT2D eigenvalue weighted by Gasteiger charge is -2.14. The molecule has 0 heterocycles. The fourth-order valence-corrected chi connectivity index (χ4v) is 1.79. The Labute approximate surface area is 113 Å². The summed E-state index contributed by atoms with van der Waals surface area (Å²) in [6.07, 6.45) is 0.798. The standard InChI is InChI=1S/C14H21NO4/c1-3-19-12-7-4-6-11(14(12)18-2)10-15-9-5-8-13(16)17/h4,6-7,15H,3,5,8-10H2,1-2H3,(H,16,17). The molecule has 0 unspecified atom stereocenters. The highest BCUT2D eigenvalue weighted by Crippen LogP contribution is 2.30. The zero-order valence-corrected chi connectivity index (χ0v) is 11.4. The molecule has 2 N–H and O–H groups in total. The molecule has 0 saturated carbocycles. The first-order valence-electron chi connectivity index (χ1n) is 6.40. The maximum absolute atomic E-state index is 10.4. The average molecular weight is 267 g/mol. The summed E-state index contributed by atoms with van der Waals surface area (Å²) < 4.78 is 10.9. The van der Waals surface area contributed by atoms with Crippen molar-refractivity contribution >= 4 is 5.97 Å². The molecule has 19 heavy (non-hydrogen) atoms. The fraction of sp³-hybridized carbons (Fsp3) is 0.500. The number of methoxy groups -OCH3 is 1. The smallest absolute Gasteiger partial charge is 0.303 e. The van der Waals surface area contributed by atoms with E-state index in [4.69, 9.17) is 14.6 Å². The maximum Gasteiger partial charge on any atom is 0.303 e. The summed E-state index contributed by atoms with van der Waals surface area (Å²) in [6, 6.07) is 5.75. The van der Waals surface area contributed by atoms with Crippen molar-refractivity contribution in [2.75, 3.05) is 20.3 Å². The minimum absolute atomic E-state index is 0.184. The van der Waals surface area contributed by atoms with Crippen molar-refractivity contribution in [2.45, 2.75) is 26.3 Å². The van der Waals surface area contributed by atoms with Crippen molar-refractivity contribution < 1.29 is 19.4 Å². The minimum Gasteiger partial charge on any atom is -0.493 e. The zero-order chi connectivity index (χ0) is 14.1. The van der Waals surface area contributed by atoms with Crippen molar-refractivity contribution in [2.24, 2.45) is 0 Å². The zero-order valence-electron chi connectivity index (χ0n) is 11.4.